The Labute approximate surface area is 189 Å². The van der Waals surface area contributed by atoms with Gasteiger partial charge in [-0.15, -0.1) is 0 Å². The molecule has 2 bridgehead atoms. The summed E-state index contributed by atoms with van der Waals surface area (Å²) in [4.78, 5) is 15.3. The fourth-order valence-corrected chi connectivity index (χ4v) is 5.68. The Morgan fingerprint density at radius 1 is 1.10 bits per heavy atom. The van der Waals surface area contributed by atoms with Gasteiger partial charge >= 0.3 is 6.09 Å². The number of hydrogen-bond donors (Lipinski definition) is 1. The number of rotatable bonds is 3. The first-order valence-corrected chi connectivity index (χ1v) is 11.9. The van der Waals surface area contributed by atoms with Crippen LogP contribution in [0.25, 0.3) is 11.1 Å². The molecular weight excluding hydrogens is 408 g/mol. The van der Waals surface area contributed by atoms with Gasteiger partial charge in [-0.1, -0.05) is 55.8 Å². The van der Waals surface area contributed by atoms with Crippen molar-refractivity contribution in [2.24, 2.45) is 11.3 Å². The number of fused-ring (bicyclic) bond motifs is 4. The molecule has 3 fully saturated rings. The van der Waals surface area contributed by atoms with Gasteiger partial charge in [0.1, 0.15) is 6.10 Å². The first kappa shape index (κ1) is 20.8. The highest BCUT2D eigenvalue weighted by molar-refractivity contribution is 6.30. The molecule has 0 aromatic heterocycles. The van der Waals surface area contributed by atoms with Crippen LogP contribution in [0, 0.1) is 11.3 Å². The van der Waals surface area contributed by atoms with Crippen molar-refractivity contribution >= 4 is 17.7 Å². The largest absolute Gasteiger partial charge is 0.445 e. The quantitative estimate of drug-likeness (QED) is 0.654. The highest BCUT2D eigenvalue weighted by Gasteiger charge is 2.40. The monoisotopic (exact) mass is 438 g/mol. The van der Waals surface area contributed by atoms with Gasteiger partial charge in [-0.2, -0.15) is 0 Å². The second kappa shape index (κ2) is 8.14. The minimum Gasteiger partial charge on any atom is -0.445 e. The molecule has 1 amide bonds. The number of carbonyl (C=O) groups excluding carboxylic acids is 1. The minimum atomic E-state index is -0.272. The van der Waals surface area contributed by atoms with Gasteiger partial charge in [0.2, 0.25) is 0 Å². The van der Waals surface area contributed by atoms with E-state index in [1.165, 1.54) is 16.7 Å². The zero-order chi connectivity index (χ0) is 21.6. The number of aryl methyl sites for hydroxylation is 1. The average Bonchev–Trinajstić information content (AvgIpc) is 2.77. The number of alkyl carbamates (subject to hydrolysis) is 1. The third-order valence-electron chi connectivity index (χ3n) is 7.57. The fraction of sp³-hybridized carbons (Fsp3) is 0.500. The molecule has 0 radical (unpaired) electrons. The fourth-order valence-electron chi connectivity index (χ4n) is 5.55. The predicted octanol–water partition coefficient (Wildman–Crippen LogP) is 5.84. The van der Waals surface area contributed by atoms with E-state index in [4.69, 9.17) is 16.3 Å². The molecule has 3 heterocycles. The van der Waals surface area contributed by atoms with Crippen LogP contribution in [0.2, 0.25) is 5.02 Å². The molecule has 1 unspecified atom stereocenters. The molecule has 6 rings (SSSR count). The molecule has 1 N–H and O–H groups in total. The number of nitrogens with one attached hydrogen (secondary N) is 1. The van der Waals surface area contributed by atoms with Gasteiger partial charge in [0, 0.05) is 11.6 Å². The summed E-state index contributed by atoms with van der Waals surface area (Å²) >= 11 is 6.05. The number of nitrogens with zero attached hydrogens (tertiary/aromatic N) is 1. The summed E-state index contributed by atoms with van der Waals surface area (Å²) in [5.41, 5.74) is 4.83. The molecule has 5 heteroatoms. The van der Waals surface area contributed by atoms with E-state index in [-0.39, 0.29) is 23.7 Å². The standard InChI is InChI=1S/C26H31ClN2O2/c1-26(2)12-9-20-15-19(17-3-6-21(27)7-4-17)5-8-22(20)24(26)28-25(30)31-23-16-29-13-10-18(23)11-14-29/h3-8,15,18,23-24H,9-14,16H2,1-2H3,(H,28,30)/t23-,24?/m0/s1. The maximum Gasteiger partial charge on any atom is 0.407 e. The van der Waals surface area contributed by atoms with Crippen molar-refractivity contribution in [3.63, 3.8) is 0 Å². The van der Waals surface area contributed by atoms with Crippen LogP contribution in [0.5, 0.6) is 0 Å². The Morgan fingerprint density at radius 3 is 2.48 bits per heavy atom. The summed E-state index contributed by atoms with van der Waals surface area (Å²) in [7, 11) is 0. The van der Waals surface area contributed by atoms with Gasteiger partial charge < -0.3 is 10.1 Å². The molecule has 2 aromatic rings. The molecular formula is C26H31ClN2O2. The Morgan fingerprint density at radius 2 is 1.81 bits per heavy atom. The number of amides is 1. The summed E-state index contributed by atoms with van der Waals surface area (Å²) in [6.07, 6.45) is 4.07. The van der Waals surface area contributed by atoms with Crippen LogP contribution >= 0.6 is 11.6 Å². The molecule has 1 aliphatic carbocycles. The number of piperidine rings is 3. The van der Waals surface area contributed by atoms with Gasteiger partial charge in [0.15, 0.2) is 0 Å². The SMILES string of the molecule is CC1(C)CCc2cc(-c3ccc(Cl)cc3)ccc2C1NC(=O)O[C@H]1CN2CCC1CC2. The van der Waals surface area contributed by atoms with Crippen molar-refractivity contribution in [2.75, 3.05) is 19.6 Å². The van der Waals surface area contributed by atoms with E-state index in [9.17, 15) is 4.79 Å². The van der Waals surface area contributed by atoms with Crippen molar-refractivity contribution in [3.05, 3.63) is 58.6 Å². The van der Waals surface area contributed by atoms with Gasteiger partial charge in [0.05, 0.1) is 6.04 Å². The van der Waals surface area contributed by atoms with Crippen LogP contribution in [-0.2, 0) is 11.2 Å². The Kier molecular flexibility index (Phi) is 5.47. The topological polar surface area (TPSA) is 41.6 Å². The molecule has 2 atom stereocenters. The van der Waals surface area contributed by atoms with E-state index in [0.29, 0.717) is 5.92 Å². The molecule has 4 aliphatic rings. The normalized spacial score (nSPS) is 28.6. The van der Waals surface area contributed by atoms with Crippen LogP contribution in [-0.4, -0.2) is 36.7 Å². The van der Waals surface area contributed by atoms with E-state index < -0.39 is 0 Å². The van der Waals surface area contributed by atoms with Crippen molar-refractivity contribution < 1.29 is 9.53 Å². The van der Waals surface area contributed by atoms with Crippen LogP contribution in [0.15, 0.2) is 42.5 Å². The lowest BCUT2D eigenvalue weighted by Crippen LogP contribution is -2.53. The van der Waals surface area contributed by atoms with E-state index in [0.717, 1.165) is 55.9 Å². The summed E-state index contributed by atoms with van der Waals surface area (Å²) in [5.74, 6) is 0.518. The molecule has 3 aliphatic heterocycles. The molecule has 4 nitrogen and oxygen atoms in total. The van der Waals surface area contributed by atoms with E-state index in [1.54, 1.807) is 0 Å². The first-order valence-electron chi connectivity index (χ1n) is 11.5. The van der Waals surface area contributed by atoms with E-state index in [2.05, 4.69) is 54.4 Å². The third kappa shape index (κ3) is 4.20. The van der Waals surface area contributed by atoms with Gasteiger partial charge in [-0.25, -0.2) is 4.79 Å². The summed E-state index contributed by atoms with van der Waals surface area (Å²) in [6, 6.07) is 14.5. The van der Waals surface area contributed by atoms with Gasteiger partial charge in [-0.3, -0.25) is 4.90 Å². The maximum absolute atomic E-state index is 12.9. The van der Waals surface area contributed by atoms with Gasteiger partial charge in [0.25, 0.3) is 0 Å². The minimum absolute atomic E-state index is 0.0249. The van der Waals surface area contributed by atoms with E-state index >= 15 is 0 Å². The third-order valence-corrected chi connectivity index (χ3v) is 7.82. The number of halogens is 1. The first-order chi connectivity index (χ1) is 14.9. The second-order valence-corrected chi connectivity index (χ2v) is 10.5. The van der Waals surface area contributed by atoms with Crippen molar-refractivity contribution in [1.29, 1.82) is 0 Å². The lowest BCUT2D eigenvalue weighted by Gasteiger charge is -2.44. The lowest BCUT2D eigenvalue weighted by molar-refractivity contribution is -0.0353. The second-order valence-electron chi connectivity index (χ2n) is 10.1. The van der Waals surface area contributed by atoms with Crippen molar-refractivity contribution in [2.45, 2.75) is 51.7 Å². The molecule has 0 saturated carbocycles. The molecule has 31 heavy (non-hydrogen) atoms. The zero-order valence-corrected chi connectivity index (χ0v) is 19.1. The van der Waals surface area contributed by atoms with Crippen LogP contribution in [0.4, 0.5) is 4.79 Å². The number of hydrogen-bond acceptors (Lipinski definition) is 3. The van der Waals surface area contributed by atoms with E-state index in [1.807, 2.05) is 12.1 Å². The van der Waals surface area contributed by atoms with Crippen molar-refractivity contribution in [3.8, 4) is 11.1 Å². The summed E-state index contributed by atoms with van der Waals surface area (Å²) in [6.45, 7) is 7.65. The number of ether oxygens (including phenoxy) is 1. The Hall–Kier alpha value is -2.04. The maximum atomic E-state index is 12.9. The predicted molar refractivity (Wildman–Crippen MR) is 124 cm³/mol. The Balaban J connectivity index is 1.35. The highest BCUT2D eigenvalue weighted by atomic mass is 35.5. The summed E-state index contributed by atoms with van der Waals surface area (Å²) in [5, 5.41) is 3.99. The Bertz CT molecular complexity index is 964. The average molecular weight is 439 g/mol. The van der Waals surface area contributed by atoms with Crippen LogP contribution < -0.4 is 5.32 Å². The molecule has 2 aromatic carbocycles. The lowest BCUT2D eigenvalue weighted by atomic mass is 9.70. The summed E-state index contributed by atoms with van der Waals surface area (Å²) < 4.78 is 5.94. The number of carbonyl (C=O) groups is 1. The highest BCUT2D eigenvalue weighted by Crippen LogP contribution is 2.44. The molecule has 0 spiro atoms. The smallest absolute Gasteiger partial charge is 0.407 e. The van der Waals surface area contributed by atoms with Crippen molar-refractivity contribution in [1.82, 2.24) is 10.2 Å². The van der Waals surface area contributed by atoms with Crippen LogP contribution in [0.1, 0.15) is 50.3 Å². The number of benzene rings is 2. The molecule has 3 saturated heterocycles. The molecule has 164 valence electrons. The zero-order valence-electron chi connectivity index (χ0n) is 18.4. The van der Waals surface area contributed by atoms with Gasteiger partial charge in [-0.05, 0) is 84.5 Å². The van der Waals surface area contributed by atoms with Crippen LogP contribution in [0.3, 0.4) is 0 Å².